The molecule has 1 rings (SSSR count). The molecule has 0 radical (unpaired) electrons. The molecule has 0 unspecified atom stereocenters. The number of hydrogen-bond acceptors (Lipinski definition) is 2. The Kier molecular flexibility index (Phi) is 3.27. The van der Waals surface area contributed by atoms with Crippen LogP contribution in [0.4, 0.5) is 4.39 Å². The molecular formula is C8H5BrClFO2. The highest BCUT2D eigenvalue weighted by Crippen LogP contribution is 2.28. The molecule has 0 fully saturated rings. The zero-order valence-corrected chi connectivity index (χ0v) is 8.69. The van der Waals surface area contributed by atoms with Gasteiger partial charge in [-0.15, -0.1) is 11.6 Å². The van der Waals surface area contributed by atoms with Crippen LogP contribution in [-0.4, -0.2) is 16.8 Å². The van der Waals surface area contributed by atoms with Crippen LogP contribution in [0.1, 0.15) is 10.4 Å². The maximum atomic E-state index is 12.9. The molecular weight excluding hydrogens is 262 g/mol. The maximum absolute atomic E-state index is 12.9. The van der Waals surface area contributed by atoms with Crippen molar-refractivity contribution in [3.05, 3.63) is 28.0 Å². The summed E-state index contributed by atoms with van der Waals surface area (Å²) in [6.45, 7) is 0. The Labute approximate surface area is 87.5 Å². The third kappa shape index (κ3) is 2.19. The number of rotatable bonds is 2. The summed E-state index contributed by atoms with van der Waals surface area (Å²) in [5.41, 5.74) is 0.0631. The van der Waals surface area contributed by atoms with Crippen molar-refractivity contribution in [2.45, 2.75) is 0 Å². The molecule has 0 aliphatic heterocycles. The van der Waals surface area contributed by atoms with Gasteiger partial charge < -0.3 is 5.11 Å². The van der Waals surface area contributed by atoms with Crippen LogP contribution in [0.15, 0.2) is 16.6 Å². The molecule has 0 saturated heterocycles. The number of halogens is 3. The van der Waals surface area contributed by atoms with Gasteiger partial charge in [0.05, 0.1) is 10.4 Å². The zero-order chi connectivity index (χ0) is 10.0. The average Bonchev–Trinajstić information content (AvgIpc) is 2.12. The minimum Gasteiger partial charge on any atom is -0.507 e. The Morgan fingerprint density at radius 3 is 2.69 bits per heavy atom. The SMILES string of the molecule is O=C(CCl)c1cc(O)c(Br)c(F)c1. The van der Waals surface area contributed by atoms with Crippen molar-refractivity contribution in [3.8, 4) is 5.75 Å². The third-order valence-electron chi connectivity index (χ3n) is 1.45. The number of hydrogen-bond donors (Lipinski definition) is 1. The molecule has 0 heterocycles. The summed E-state index contributed by atoms with van der Waals surface area (Å²) in [5, 5.41) is 9.14. The van der Waals surface area contributed by atoms with Crippen LogP contribution in [0.3, 0.4) is 0 Å². The Balaban J connectivity index is 3.20. The van der Waals surface area contributed by atoms with Crippen LogP contribution in [0, 0.1) is 5.82 Å². The highest BCUT2D eigenvalue weighted by Gasteiger charge is 2.11. The molecule has 1 aromatic carbocycles. The molecule has 70 valence electrons. The van der Waals surface area contributed by atoms with Crippen molar-refractivity contribution in [1.29, 1.82) is 0 Å². The predicted molar refractivity (Wildman–Crippen MR) is 50.8 cm³/mol. The van der Waals surface area contributed by atoms with E-state index in [-0.39, 0.29) is 21.7 Å². The van der Waals surface area contributed by atoms with E-state index in [1.807, 2.05) is 0 Å². The Hall–Kier alpha value is -0.610. The molecule has 2 nitrogen and oxygen atoms in total. The fraction of sp³-hybridized carbons (Fsp3) is 0.125. The number of phenolic OH excluding ortho intramolecular Hbond substituents is 1. The average molecular weight is 267 g/mol. The molecule has 1 N–H and O–H groups in total. The molecule has 5 heteroatoms. The van der Waals surface area contributed by atoms with Gasteiger partial charge in [0.1, 0.15) is 11.6 Å². The van der Waals surface area contributed by atoms with E-state index in [0.29, 0.717) is 0 Å². The van der Waals surface area contributed by atoms with E-state index in [9.17, 15) is 9.18 Å². The molecule has 0 amide bonds. The van der Waals surface area contributed by atoms with Gasteiger partial charge in [0, 0.05) is 5.56 Å². The van der Waals surface area contributed by atoms with E-state index in [2.05, 4.69) is 15.9 Å². The second-order valence-corrected chi connectivity index (χ2v) is 3.41. The molecule has 0 atom stereocenters. The van der Waals surface area contributed by atoms with Gasteiger partial charge in [0.25, 0.3) is 0 Å². The van der Waals surface area contributed by atoms with E-state index < -0.39 is 11.6 Å². The maximum Gasteiger partial charge on any atom is 0.177 e. The fourth-order valence-electron chi connectivity index (χ4n) is 0.813. The van der Waals surface area contributed by atoms with Crippen LogP contribution in [0.5, 0.6) is 5.75 Å². The molecule has 0 aromatic heterocycles. The van der Waals surface area contributed by atoms with Gasteiger partial charge in [0.2, 0.25) is 0 Å². The normalized spacial score (nSPS) is 10.1. The Morgan fingerprint density at radius 1 is 1.62 bits per heavy atom. The predicted octanol–water partition coefficient (Wildman–Crippen LogP) is 2.72. The topological polar surface area (TPSA) is 37.3 Å². The monoisotopic (exact) mass is 266 g/mol. The lowest BCUT2D eigenvalue weighted by molar-refractivity contribution is 0.102. The molecule has 13 heavy (non-hydrogen) atoms. The largest absolute Gasteiger partial charge is 0.507 e. The minimum atomic E-state index is -0.687. The summed E-state index contributed by atoms with van der Waals surface area (Å²) in [7, 11) is 0. The van der Waals surface area contributed by atoms with Gasteiger partial charge in [-0.2, -0.15) is 0 Å². The highest BCUT2D eigenvalue weighted by molar-refractivity contribution is 9.10. The van der Waals surface area contributed by atoms with Crippen molar-refractivity contribution in [2.75, 3.05) is 5.88 Å². The van der Waals surface area contributed by atoms with Crippen molar-refractivity contribution in [3.63, 3.8) is 0 Å². The number of carbonyl (C=O) groups is 1. The summed E-state index contributed by atoms with van der Waals surface area (Å²) < 4.78 is 12.9. The number of benzene rings is 1. The second-order valence-electron chi connectivity index (χ2n) is 2.35. The molecule has 1 aromatic rings. The fourth-order valence-corrected chi connectivity index (χ4v) is 1.20. The number of carbonyl (C=O) groups excluding carboxylic acids is 1. The lowest BCUT2D eigenvalue weighted by atomic mass is 10.1. The molecule has 0 bridgehead atoms. The van der Waals surface area contributed by atoms with Gasteiger partial charge in [-0.3, -0.25) is 4.79 Å². The Bertz CT molecular complexity index is 331. The van der Waals surface area contributed by atoms with Crippen molar-refractivity contribution in [1.82, 2.24) is 0 Å². The molecule has 0 spiro atoms. The summed E-state index contributed by atoms with van der Waals surface area (Å²) in [5.74, 6) is -1.66. The molecule has 0 aliphatic rings. The van der Waals surface area contributed by atoms with Gasteiger partial charge in [-0.05, 0) is 28.1 Å². The van der Waals surface area contributed by atoms with Crippen LogP contribution in [-0.2, 0) is 0 Å². The van der Waals surface area contributed by atoms with Gasteiger partial charge in [-0.25, -0.2) is 4.39 Å². The zero-order valence-electron chi connectivity index (χ0n) is 6.35. The molecule has 0 saturated carbocycles. The number of alkyl halides is 1. The lowest BCUT2D eigenvalue weighted by Crippen LogP contribution is -2.00. The number of aromatic hydroxyl groups is 1. The van der Waals surface area contributed by atoms with Gasteiger partial charge in [0.15, 0.2) is 5.78 Å². The smallest absolute Gasteiger partial charge is 0.177 e. The van der Waals surface area contributed by atoms with E-state index in [1.165, 1.54) is 0 Å². The van der Waals surface area contributed by atoms with Crippen molar-refractivity contribution in [2.24, 2.45) is 0 Å². The summed E-state index contributed by atoms with van der Waals surface area (Å²) in [6, 6.07) is 2.19. The number of Topliss-reactive ketones (excluding diaryl/α,β-unsaturated/α-hetero) is 1. The summed E-state index contributed by atoms with van der Waals surface area (Å²) >= 11 is 8.08. The first kappa shape index (κ1) is 10.5. The summed E-state index contributed by atoms with van der Waals surface area (Å²) in [4.78, 5) is 11.0. The van der Waals surface area contributed by atoms with Crippen LogP contribution < -0.4 is 0 Å². The van der Waals surface area contributed by atoms with Crippen LogP contribution >= 0.6 is 27.5 Å². The van der Waals surface area contributed by atoms with E-state index >= 15 is 0 Å². The van der Waals surface area contributed by atoms with E-state index in [0.717, 1.165) is 12.1 Å². The quantitative estimate of drug-likeness (QED) is 0.661. The standard InChI is InChI=1S/C8H5BrClFO2/c9-8-5(11)1-4(2-6(8)12)7(13)3-10/h1-2,12H,3H2. The van der Waals surface area contributed by atoms with Gasteiger partial charge >= 0.3 is 0 Å². The first-order valence-corrected chi connectivity index (χ1v) is 4.66. The first-order chi connectivity index (χ1) is 6.06. The highest BCUT2D eigenvalue weighted by atomic mass is 79.9. The Morgan fingerprint density at radius 2 is 2.23 bits per heavy atom. The lowest BCUT2D eigenvalue weighted by Gasteiger charge is -2.01. The first-order valence-electron chi connectivity index (χ1n) is 3.33. The van der Waals surface area contributed by atoms with Crippen LogP contribution in [0.2, 0.25) is 0 Å². The van der Waals surface area contributed by atoms with Gasteiger partial charge in [-0.1, -0.05) is 0 Å². The molecule has 0 aliphatic carbocycles. The van der Waals surface area contributed by atoms with E-state index in [1.54, 1.807) is 0 Å². The second kappa shape index (κ2) is 4.07. The third-order valence-corrected chi connectivity index (χ3v) is 2.48. The van der Waals surface area contributed by atoms with Crippen LogP contribution in [0.25, 0.3) is 0 Å². The summed E-state index contributed by atoms with van der Waals surface area (Å²) in [6.07, 6.45) is 0. The minimum absolute atomic E-state index is 0.0568. The van der Waals surface area contributed by atoms with Crippen molar-refractivity contribution >= 4 is 33.3 Å². The number of ketones is 1. The van der Waals surface area contributed by atoms with E-state index in [4.69, 9.17) is 16.7 Å². The van der Waals surface area contributed by atoms with Crippen molar-refractivity contribution < 1.29 is 14.3 Å². The number of phenols is 1.